The second-order valence-electron chi connectivity index (χ2n) is 8.15. The molecule has 0 spiro atoms. The summed E-state index contributed by atoms with van der Waals surface area (Å²) >= 11 is 1.95. The topological polar surface area (TPSA) is 41.4 Å². The van der Waals surface area contributed by atoms with Crippen molar-refractivity contribution in [2.45, 2.75) is 36.5 Å². The van der Waals surface area contributed by atoms with E-state index in [1.165, 1.54) is 21.7 Å². The number of rotatable bonds is 9. The lowest BCUT2D eigenvalue weighted by atomic mass is 10.1. The van der Waals surface area contributed by atoms with Gasteiger partial charge in [0, 0.05) is 61.0 Å². The molecule has 0 radical (unpaired) electrons. The molecule has 1 aliphatic heterocycles. The largest absolute Gasteiger partial charge is 0.368 e. The predicted octanol–water partition coefficient (Wildman–Crippen LogP) is 4.26. The molecule has 0 saturated carbocycles. The van der Waals surface area contributed by atoms with Crippen molar-refractivity contribution in [2.24, 2.45) is 0 Å². The summed E-state index contributed by atoms with van der Waals surface area (Å²) in [4.78, 5) is 20.6. The lowest BCUT2D eigenvalue weighted by Gasteiger charge is -2.34. The summed E-state index contributed by atoms with van der Waals surface area (Å²) in [5, 5.41) is 0.470. The SMILES string of the molecule is Cc1ccc(CCC(Cn2ccnc2)Sc2ccc(N3CCN(C=O)CC3)cc2)cc1. The highest BCUT2D eigenvalue weighted by Gasteiger charge is 2.16. The number of thioether (sulfide) groups is 1. The monoisotopic (exact) mass is 434 g/mol. The Hall–Kier alpha value is -2.73. The molecule has 0 aliphatic carbocycles. The second kappa shape index (κ2) is 10.5. The third kappa shape index (κ3) is 6.14. The highest BCUT2D eigenvalue weighted by atomic mass is 32.2. The molecule has 1 saturated heterocycles. The molecule has 3 aromatic rings. The lowest BCUT2D eigenvalue weighted by Crippen LogP contribution is -2.45. The van der Waals surface area contributed by atoms with Gasteiger partial charge in [-0.2, -0.15) is 0 Å². The molecule has 4 rings (SSSR count). The summed E-state index contributed by atoms with van der Waals surface area (Å²) < 4.78 is 2.17. The van der Waals surface area contributed by atoms with E-state index >= 15 is 0 Å². The lowest BCUT2D eigenvalue weighted by molar-refractivity contribution is -0.118. The fourth-order valence-electron chi connectivity index (χ4n) is 3.91. The second-order valence-corrected chi connectivity index (χ2v) is 9.52. The molecule has 1 atom stereocenters. The van der Waals surface area contributed by atoms with E-state index in [1.807, 2.05) is 35.4 Å². The number of anilines is 1. The Labute approximate surface area is 189 Å². The van der Waals surface area contributed by atoms with Gasteiger partial charge in [-0.25, -0.2) is 4.98 Å². The Bertz CT molecular complexity index is 933. The molecular formula is C25H30N4OS. The highest BCUT2D eigenvalue weighted by molar-refractivity contribution is 8.00. The molecule has 1 amide bonds. The zero-order valence-corrected chi connectivity index (χ0v) is 18.9. The zero-order chi connectivity index (χ0) is 21.5. The van der Waals surface area contributed by atoms with Crippen molar-refractivity contribution in [1.29, 1.82) is 0 Å². The Morgan fingerprint density at radius 3 is 2.42 bits per heavy atom. The number of nitrogens with zero attached hydrogens (tertiary/aromatic N) is 4. The van der Waals surface area contributed by atoms with Crippen molar-refractivity contribution in [3.63, 3.8) is 0 Å². The number of imidazole rings is 1. The third-order valence-corrected chi connectivity index (χ3v) is 7.08. The molecule has 1 aromatic heterocycles. The molecule has 5 nitrogen and oxygen atoms in total. The van der Waals surface area contributed by atoms with Crippen LogP contribution in [0.5, 0.6) is 0 Å². The summed E-state index contributed by atoms with van der Waals surface area (Å²) in [6.45, 7) is 6.47. The average Bonchev–Trinajstić information content (AvgIpc) is 3.32. The number of amides is 1. The van der Waals surface area contributed by atoms with Crippen molar-refractivity contribution in [3.8, 4) is 0 Å². The van der Waals surface area contributed by atoms with Crippen LogP contribution in [-0.2, 0) is 17.8 Å². The summed E-state index contributed by atoms with van der Waals surface area (Å²) in [5.41, 5.74) is 3.94. The maximum Gasteiger partial charge on any atom is 0.209 e. The van der Waals surface area contributed by atoms with E-state index in [9.17, 15) is 4.79 Å². The van der Waals surface area contributed by atoms with Crippen LogP contribution in [-0.4, -0.2) is 52.3 Å². The van der Waals surface area contributed by atoms with Gasteiger partial charge in [-0.05, 0) is 49.6 Å². The predicted molar refractivity (Wildman–Crippen MR) is 128 cm³/mol. The minimum absolute atomic E-state index is 0.470. The maximum atomic E-state index is 10.9. The van der Waals surface area contributed by atoms with Gasteiger partial charge in [-0.3, -0.25) is 4.79 Å². The number of hydrogen-bond acceptors (Lipinski definition) is 4. The van der Waals surface area contributed by atoms with Crippen LogP contribution in [0.2, 0.25) is 0 Å². The molecule has 0 N–H and O–H groups in total. The quantitative estimate of drug-likeness (QED) is 0.373. The molecule has 6 heteroatoms. The van der Waals surface area contributed by atoms with E-state index in [2.05, 4.69) is 69.9 Å². The van der Waals surface area contributed by atoms with Crippen molar-refractivity contribution in [3.05, 3.63) is 78.4 Å². The summed E-state index contributed by atoms with van der Waals surface area (Å²) in [5.74, 6) is 0. The van der Waals surface area contributed by atoms with Crippen molar-refractivity contribution < 1.29 is 4.79 Å². The third-order valence-electron chi connectivity index (χ3n) is 5.82. The first-order valence-electron chi connectivity index (χ1n) is 10.9. The van der Waals surface area contributed by atoms with Crippen LogP contribution < -0.4 is 4.90 Å². The summed E-state index contributed by atoms with van der Waals surface area (Å²) in [6, 6.07) is 17.8. The average molecular weight is 435 g/mol. The molecular weight excluding hydrogens is 404 g/mol. The Morgan fingerprint density at radius 2 is 1.77 bits per heavy atom. The van der Waals surface area contributed by atoms with E-state index < -0.39 is 0 Å². The summed E-state index contributed by atoms with van der Waals surface area (Å²) in [7, 11) is 0. The number of aryl methyl sites for hydroxylation is 2. The van der Waals surface area contributed by atoms with Gasteiger partial charge in [-0.15, -0.1) is 11.8 Å². The Morgan fingerprint density at radius 1 is 1.03 bits per heavy atom. The smallest absolute Gasteiger partial charge is 0.209 e. The first-order valence-corrected chi connectivity index (χ1v) is 11.8. The normalized spacial score (nSPS) is 15.1. The van der Waals surface area contributed by atoms with Crippen molar-refractivity contribution in [1.82, 2.24) is 14.5 Å². The van der Waals surface area contributed by atoms with Gasteiger partial charge in [0.15, 0.2) is 0 Å². The van der Waals surface area contributed by atoms with Crippen LogP contribution in [0.3, 0.4) is 0 Å². The van der Waals surface area contributed by atoms with Gasteiger partial charge < -0.3 is 14.4 Å². The summed E-state index contributed by atoms with van der Waals surface area (Å²) in [6.07, 6.45) is 8.94. The van der Waals surface area contributed by atoms with Crippen LogP contribution in [0.1, 0.15) is 17.5 Å². The van der Waals surface area contributed by atoms with E-state index in [4.69, 9.17) is 0 Å². The van der Waals surface area contributed by atoms with Crippen LogP contribution >= 0.6 is 11.8 Å². The number of carbonyl (C=O) groups excluding carboxylic acids is 1. The molecule has 2 heterocycles. The van der Waals surface area contributed by atoms with Crippen molar-refractivity contribution >= 4 is 23.9 Å². The fourth-order valence-corrected chi connectivity index (χ4v) is 5.07. The zero-order valence-electron chi connectivity index (χ0n) is 18.1. The minimum atomic E-state index is 0.470. The first-order chi connectivity index (χ1) is 15.2. The van der Waals surface area contributed by atoms with Gasteiger partial charge in [0.25, 0.3) is 0 Å². The van der Waals surface area contributed by atoms with Gasteiger partial charge in [-0.1, -0.05) is 29.8 Å². The van der Waals surface area contributed by atoms with E-state index in [-0.39, 0.29) is 0 Å². The molecule has 2 aromatic carbocycles. The number of benzene rings is 2. The van der Waals surface area contributed by atoms with Crippen LogP contribution in [0.15, 0.2) is 72.1 Å². The van der Waals surface area contributed by atoms with E-state index in [0.29, 0.717) is 5.25 Å². The number of piperazine rings is 1. The molecule has 1 aliphatic rings. The van der Waals surface area contributed by atoms with E-state index in [0.717, 1.165) is 52.0 Å². The Kier molecular flexibility index (Phi) is 7.30. The number of carbonyl (C=O) groups is 1. The molecule has 162 valence electrons. The molecule has 1 fully saturated rings. The highest BCUT2D eigenvalue weighted by Crippen LogP contribution is 2.30. The van der Waals surface area contributed by atoms with Crippen LogP contribution in [0.25, 0.3) is 0 Å². The van der Waals surface area contributed by atoms with Gasteiger partial charge >= 0.3 is 0 Å². The number of aromatic nitrogens is 2. The minimum Gasteiger partial charge on any atom is -0.368 e. The Balaban J connectivity index is 1.38. The molecule has 0 bridgehead atoms. The van der Waals surface area contributed by atoms with Gasteiger partial charge in [0.2, 0.25) is 6.41 Å². The maximum absolute atomic E-state index is 10.9. The standard InChI is InChI=1S/C25H30N4OS/c1-21-2-4-22(5-3-21)6-9-25(18-28-13-12-26-19-28)31-24-10-7-23(8-11-24)29-16-14-27(20-30)15-17-29/h2-5,7-8,10-13,19-20,25H,6,9,14-18H2,1H3. The van der Waals surface area contributed by atoms with Gasteiger partial charge in [0.05, 0.1) is 6.33 Å². The van der Waals surface area contributed by atoms with Gasteiger partial charge in [0.1, 0.15) is 0 Å². The molecule has 31 heavy (non-hydrogen) atoms. The van der Waals surface area contributed by atoms with Crippen LogP contribution in [0.4, 0.5) is 5.69 Å². The van der Waals surface area contributed by atoms with Crippen LogP contribution in [0, 0.1) is 6.92 Å². The van der Waals surface area contributed by atoms with Crippen molar-refractivity contribution in [2.75, 3.05) is 31.1 Å². The van der Waals surface area contributed by atoms with E-state index in [1.54, 1.807) is 0 Å². The fraction of sp³-hybridized carbons (Fsp3) is 0.360. The molecule has 1 unspecified atom stereocenters. The first kappa shape index (κ1) is 21.5. The number of hydrogen-bond donors (Lipinski definition) is 0.